The van der Waals surface area contributed by atoms with Crippen LogP contribution >= 0.6 is 0 Å². The summed E-state index contributed by atoms with van der Waals surface area (Å²) in [5.74, 6) is 1.49. The van der Waals surface area contributed by atoms with Crippen LogP contribution in [-0.2, 0) is 13.0 Å². The van der Waals surface area contributed by atoms with Gasteiger partial charge in [-0.2, -0.15) is 0 Å². The van der Waals surface area contributed by atoms with Gasteiger partial charge in [0.2, 0.25) is 0 Å². The third-order valence-electron chi connectivity index (χ3n) is 4.71. The summed E-state index contributed by atoms with van der Waals surface area (Å²) in [6.45, 7) is 2.24. The van der Waals surface area contributed by atoms with Crippen molar-refractivity contribution in [1.29, 1.82) is 0 Å². The Labute approximate surface area is 164 Å². The molecule has 0 atom stereocenters. The van der Waals surface area contributed by atoms with Crippen molar-refractivity contribution in [3.05, 3.63) is 89.7 Å². The fourth-order valence-corrected chi connectivity index (χ4v) is 3.24. The van der Waals surface area contributed by atoms with E-state index in [9.17, 15) is 4.79 Å². The molecule has 142 valence electrons. The van der Waals surface area contributed by atoms with Gasteiger partial charge in [0, 0.05) is 31.0 Å². The maximum absolute atomic E-state index is 13.1. The number of carbonyl (C=O) groups is 1. The summed E-state index contributed by atoms with van der Waals surface area (Å²) < 4.78 is 11.3. The Morgan fingerprint density at radius 2 is 1.64 bits per heavy atom. The molecule has 0 saturated carbocycles. The number of fused-ring (bicyclic) bond motifs is 1. The molecule has 5 heteroatoms. The van der Waals surface area contributed by atoms with Gasteiger partial charge < -0.3 is 14.4 Å². The fraction of sp³-hybridized carbons (Fsp3) is 0.217. The molecule has 1 aliphatic heterocycles. The summed E-state index contributed by atoms with van der Waals surface area (Å²) in [5, 5.41) is 0. The summed E-state index contributed by atoms with van der Waals surface area (Å²) in [6, 6.07) is 19.6. The molecule has 2 aromatic carbocycles. The van der Waals surface area contributed by atoms with Crippen LogP contribution in [0.5, 0.6) is 11.5 Å². The molecule has 0 saturated heterocycles. The van der Waals surface area contributed by atoms with E-state index < -0.39 is 0 Å². The van der Waals surface area contributed by atoms with Gasteiger partial charge in [0.1, 0.15) is 13.2 Å². The van der Waals surface area contributed by atoms with Crippen LogP contribution in [0, 0.1) is 0 Å². The van der Waals surface area contributed by atoms with Crippen LogP contribution in [0.3, 0.4) is 0 Å². The maximum atomic E-state index is 13.1. The summed E-state index contributed by atoms with van der Waals surface area (Å²) in [5.41, 5.74) is 2.86. The molecule has 28 heavy (non-hydrogen) atoms. The molecule has 4 rings (SSSR count). The van der Waals surface area contributed by atoms with Crippen molar-refractivity contribution in [2.24, 2.45) is 0 Å². The van der Waals surface area contributed by atoms with Crippen LogP contribution in [0.15, 0.2) is 73.1 Å². The van der Waals surface area contributed by atoms with Gasteiger partial charge >= 0.3 is 0 Å². The zero-order valence-electron chi connectivity index (χ0n) is 15.6. The molecule has 0 spiro atoms. The minimum absolute atomic E-state index is 0.00628. The quantitative estimate of drug-likeness (QED) is 0.660. The lowest BCUT2D eigenvalue weighted by molar-refractivity contribution is 0.0744. The van der Waals surface area contributed by atoms with Crippen molar-refractivity contribution < 1.29 is 14.3 Å². The first-order valence-electron chi connectivity index (χ1n) is 9.41. The van der Waals surface area contributed by atoms with E-state index in [0.717, 1.165) is 23.5 Å². The van der Waals surface area contributed by atoms with E-state index in [1.54, 1.807) is 24.5 Å². The van der Waals surface area contributed by atoms with E-state index in [2.05, 4.69) is 17.1 Å². The van der Waals surface area contributed by atoms with E-state index in [1.165, 1.54) is 5.56 Å². The van der Waals surface area contributed by atoms with Crippen LogP contribution in [0.1, 0.15) is 21.5 Å². The van der Waals surface area contributed by atoms with E-state index in [-0.39, 0.29) is 5.91 Å². The van der Waals surface area contributed by atoms with Crippen molar-refractivity contribution in [2.75, 3.05) is 19.8 Å². The Kier molecular flexibility index (Phi) is 5.52. The second-order valence-electron chi connectivity index (χ2n) is 6.68. The number of pyridine rings is 1. The lowest BCUT2D eigenvalue weighted by Gasteiger charge is -2.24. The maximum Gasteiger partial charge on any atom is 0.254 e. The molecule has 1 amide bonds. The van der Waals surface area contributed by atoms with Crippen LogP contribution in [0.2, 0.25) is 0 Å². The molecular weight excluding hydrogens is 352 g/mol. The third-order valence-corrected chi connectivity index (χ3v) is 4.71. The zero-order chi connectivity index (χ0) is 19.2. The van der Waals surface area contributed by atoms with E-state index in [1.807, 2.05) is 41.3 Å². The molecule has 0 unspecified atom stereocenters. The average Bonchev–Trinajstić information content (AvgIpc) is 2.77. The van der Waals surface area contributed by atoms with E-state index in [4.69, 9.17) is 9.47 Å². The first-order chi connectivity index (χ1) is 13.8. The van der Waals surface area contributed by atoms with E-state index >= 15 is 0 Å². The molecule has 3 aromatic rings. The minimum Gasteiger partial charge on any atom is -0.486 e. The number of ether oxygens (including phenoxy) is 2. The second kappa shape index (κ2) is 8.57. The molecule has 0 N–H and O–H groups in total. The molecule has 0 bridgehead atoms. The van der Waals surface area contributed by atoms with Gasteiger partial charge in [-0.25, -0.2) is 0 Å². The lowest BCUT2D eigenvalue weighted by Crippen LogP contribution is -2.32. The van der Waals surface area contributed by atoms with Crippen LogP contribution in [0.25, 0.3) is 0 Å². The highest BCUT2D eigenvalue weighted by atomic mass is 16.6. The molecule has 1 aromatic heterocycles. The number of rotatable bonds is 6. The normalized spacial score (nSPS) is 12.4. The van der Waals surface area contributed by atoms with Gasteiger partial charge in [0.25, 0.3) is 5.91 Å². The number of hydrogen-bond acceptors (Lipinski definition) is 4. The Hall–Kier alpha value is -3.34. The third kappa shape index (κ3) is 4.31. The molecule has 2 heterocycles. The topological polar surface area (TPSA) is 51.7 Å². The molecule has 1 aliphatic rings. The Morgan fingerprint density at radius 1 is 0.893 bits per heavy atom. The Bertz CT molecular complexity index is 929. The van der Waals surface area contributed by atoms with Crippen LogP contribution in [0.4, 0.5) is 0 Å². The number of aromatic nitrogens is 1. The number of hydrogen-bond donors (Lipinski definition) is 0. The van der Waals surface area contributed by atoms with Gasteiger partial charge in [-0.3, -0.25) is 9.78 Å². The fourth-order valence-electron chi connectivity index (χ4n) is 3.24. The summed E-state index contributed by atoms with van der Waals surface area (Å²) >= 11 is 0. The minimum atomic E-state index is -0.00628. The average molecular weight is 374 g/mol. The van der Waals surface area contributed by atoms with Crippen molar-refractivity contribution in [3.63, 3.8) is 0 Å². The summed E-state index contributed by atoms with van der Waals surface area (Å²) in [7, 11) is 0. The van der Waals surface area contributed by atoms with Crippen LogP contribution < -0.4 is 9.47 Å². The van der Waals surface area contributed by atoms with Gasteiger partial charge in [0.15, 0.2) is 11.5 Å². The predicted molar refractivity (Wildman–Crippen MR) is 107 cm³/mol. The number of amides is 1. The number of nitrogens with zero attached hydrogens (tertiary/aromatic N) is 2. The summed E-state index contributed by atoms with van der Waals surface area (Å²) in [4.78, 5) is 19.0. The van der Waals surface area contributed by atoms with E-state index in [0.29, 0.717) is 31.9 Å². The zero-order valence-corrected chi connectivity index (χ0v) is 15.6. The number of benzene rings is 2. The van der Waals surface area contributed by atoms with Crippen molar-refractivity contribution >= 4 is 5.91 Å². The highest BCUT2D eigenvalue weighted by molar-refractivity contribution is 5.94. The molecular formula is C23H22N2O3. The van der Waals surface area contributed by atoms with Crippen molar-refractivity contribution in [3.8, 4) is 11.5 Å². The molecule has 0 fully saturated rings. The van der Waals surface area contributed by atoms with Gasteiger partial charge in [-0.05, 0) is 41.8 Å². The first-order valence-corrected chi connectivity index (χ1v) is 9.41. The highest BCUT2D eigenvalue weighted by Gasteiger charge is 2.18. The van der Waals surface area contributed by atoms with Gasteiger partial charge in [-0.15, -0.1) is 0 Å². The Balaban J connectivity index is 1.54. The predicted octanol–water partition coefficient (Wildman–Crippen LogP) is 3.74. The lowest BCUT2D eigenvalue weighted by atomic mass is 10.1. The van der Waals surface area contributed by atoms with Crippen molar-refractivity contribution in [2.45, 2.75) is 13.0 Å². The largest absolute Gasteiger partial charge is 0.486 e. The molecule has 0 radical (unpaired) electrons. The first kappa shape index (κ1) is 18.0. The van der Waals surface area contributed by atoms with Crippen LogP contribution in [-0.4, -0.2) is 35.5 Å². The number of carbonyl (C=O) groups excluding carboxylic acids is 1. The standard InChI is InChI=1S/C23H22N2O3/c26-23(20-8-11-24-12-9-20)25(13-10-18-4-2-1-3-5-18)17-19-6-7-21-22(16-19)28-15-14-27-21/h1-9,11-12,16H,10,13-15,17H2. The summed E-state index contributed by atoms with van der Waals surface area (Å²) in [6.07, 6.45) is 4.08. The van der Waals surface area contributed by atoms with Crippen molar-refractivity contribution in [1.82, 2.24) is 9.88 Å². The van der Waals surface area contributed by atoms with Gasteiger partial charge in [-0.1, -0.05) is 36.4 Å². The monoisotopic (exact) mass is 374 g/mol. The smallest absolute Gasteiger partial charge is 0.254 e. The second-order valence-corrected chi connectivity index (χ2v) is 6.68. The van der Waals surface area contributed by atoms with Gasteiger partial charge in [0.05, 0.1) is 0 Å². The SMILES string of the molecule is O=C(c1ccncc1)N(CCc1ccccc1)Cc1ccc2c(c1)OCCO2. The Morgan fingerprint density at radius 3 is 2.43 bits per heavy atom. The molecule has 5 nitrogen and oxygen atoms in total. The highest BCUT2D eigenvalue weighted by Crippen LogP contribution is 2.31. The molecule has 0 aliphatic carbocycles.